The summed E-state index contributed by atoms with van der Waals surface area (Å²) in [6, 6.07) is 2.12. The first kappa shape index (κ1) is 15.2. The largest absolute Gasteiger partial charge is 0.370 e. The van der Waals surface area contributed by atoms with Crippen LogP contribution >= 0.6 is 12.2 Å². The van der Waals surface area contributed by atoms with E-state index in [9.17, 15) is 0 Å². The van der Waals surface area contributed by atoms with Crippen molar-refractivity contribution in [3.63, 3.8) is 0 Å². The zero-order valence-corrected chi connectivity index (χ0v) is 11.9. The van der Waals surface area contributed by atoms with Crippen molar-refractivity contribution >= 4 is 17.3 Å². The monoisotopic (exact) mass is 271 g/mol. The minimum Gasteiger partial charge on any atom is -0.370 e. The van der Waals surface area contributed by atoms with E-state index in [4.69, 9.17) is 22.2 Å². The van der Waals surface area contributed by atoms with Gasteiger partial charge in [0.1, 0.15) is 13.1 Å². The fourth-order valence-electron chi connectivity index (χ4n) is 1.90. The average Bonchev–Trinajstić information content (AvgIpc) is 2.41. The molecule has 0 saturated carbocycles. The van der Waals surface area contributed by atoms with Crippen LogP contribution < -0.4 is 10.2 Å². The first-order valence-corrected chi connectivity index (χ1v) is 6.92. The summed E-state index contributed by atoms with van der Waals surface area (Å²) in [5.74, 6) is 0. The predicted molar refractivity (Wildman–Crippen MR) is 74.5 cm³/mol. The van der Waals surface area contributed by atoms with E-state index in [0.29, 0.717) is 13.0 Å². The molecular formula is C12H23N4OS+. The zero-order valence-electron chi connectivity index (χ0n) is 11.1. The fraction of sp³-hybridized carbons (Fsp3) is 0.833. The SMILES string of the molecule is CN(CCC#N)C(=S)NCCC[NH+]1CCOCC1. The number of nitrogens with zero attached hydrogens (tertiary/aromatic N) is 2. The highest BCUT2D eigenvalue weighted by molar-refractivity contribution is 7.80. The number of ether oxygens (including phenoxy) is 1. The molecule has 1 saturated heterocycles. The van der Waals surface area contributed by atoms with Crippen molar-refractivity contribution < 1.29 is 9.64 Å². The highest BCUT2D eigenvalue weighted by Gasteiger charge is 2.12. The number of quaternary nitrogens is 1. The lowest BCUT2D eigenvalue weighted by Crippen LogP contribution is -3.14. The molecule has 2 N–H and O–H groups in total. The van der Waals surface area contributed by atoms with Gasteiger partial charge in [0, 0.05) is 26.6 Å². The minimum absolute atomic E-state index is 0.510. The zero-order chi connectivity index (χ0) is 13.2. The van der Waals surface area contributed by atoms with Gasteiger partial charge in [0.15, 0.2) is 5.11 Å². The van der Waals surface area contributed by atoms with Crippen molar-refractivity contribution in [2.24, 2.45) is 0 Å². The third-order valence-corrected chi connectivity index (χ3v) is 3.54. The molecule has 0 aliphatic carbocycles. The van der Waals surface area contributed by atoms with Crippen LogP contribution in [0.2, 0.25) is 0 Å². The molecule has 0 spiro atoms. The number of morpholine rings is 1. The number of thiocarbonyl (C=S) groups is 1. The Hall–Kier alpha value is -0.900. The van der Waals surface area contributed by atoms with E-state index in [2.05, 4.69) is 11.4 Å². The number of nitriles is 1. The summed E-state index contributed by atoms with van der Waals surface area (Å²) in [6.45, 7) is 6.77. The van der Waals surface area contributed by atoms with Crippen molar-refractivity contribution in [3.8, 4) is 6.07 Å². The van der Waals surface area contributed by atoms with Crippen LogP contribution in [0.15, 0.2) is 0 Å². The molecule has 0 unspecified atom stereocenters. The molecule has 0 aromatic rings. The Balaban J connectivity index is 2.02. The quantitative estimate of drug-likeness (QED) is 0.480. The lowest BCUT2D eigenvalue weighted by atomic mass is 10.3. The molecule has 0 amide bonds. The summed E-state index contributed by atoms with van der Waals surface area (Å²) in [6.07, 6.45) is 1.62. The molecule has 102 valence electrons. The lowest BCUT2D eigenvalue weighted by Gasteiger charge is -2.24. The van der Waals surface area contributed by atoms with Gasteiger partial charge in [-0.3, -0.25) is 0 Å². The Bertz CT molecular complexity index is 286. The fourth-order valence-corrected chi connectivity index (χ4v) is 2.09. The van der Waals surface area contributed by atoms with Crippen molar-refractivity contribution in [2.75, 3.05) is 53.0 Å². The van der Waals surface area contributed by atoms with Crippen molar-refractivity contribution in [3.05, 3.63) is 0 Å². The highest BCUT2D eigenvalue weighted by atomic mass is 32.1. The molecule has 1 heterocycles. The topological polar surface area (TPSA) is 52.7 Å². The van der Waals surface area contributed by atoms with E-state index < -0.39 is 0 Å². The molecule has 1 fully saturated rings. The van der Waals surface area contributed by atoms with Gasteiger partial charge in [-0.05, 0) is 12.2 Å². The molecule has 0 atom stereocenters. The molecule has 1 aliphatic heterocycles. The van der Waals surface area contributed by atoms with Crippen molar-refractivity contribution in [2.45, 2.75) is 12.8 Å². The van der Waals surface area contributed by atoms with Gasteiger partial charge in [-0.15, -0.1) is 0 Å². The number of hydrogen-bond acceptors (Lipinski definition) is 3. The van der Waals surface area contributed by atoms with E-state index in [1.165, 1.54) is 6.54 Å². The molecule has 18 heavy (non-hydrogen) atoms. The predicted octanol–water partition coefficient (Wildman–Crippen LogP) is -0.988. The maximum absolute atomic E-state index is 8.50. The maximum atomic E-state index is 8.50. The van der Waals surface area contributed by atoms with E-state index >= 15 is 0 Å². The Kier molecular flexibility index (Phi) is 7.65. The van der Waals surface area contributed by atoms with Gasteiger partial charge >= 0.3 is 0 Å². The van der Waals surface area contributed by atoms with Crippen LogP contribution in [0.1, 0.15) is 12.8 Å². The number of rotatable bonds is 6. The van der Waals surface area contributed by atoms with Crippen LogP contribution in [0.25, 0.3) is 0 Å². The normalized spacial score (nSPS) is 16.0. The van der Waals surface area contributed by atoms with Crippen LogP contribution in [0, 0.1) is 11.3 Å². The molecule has 0 bridgehead atoms. The summed E-state index contributed by atoms with van der Waals surface area (Å²) in [5, 5.41) is 12.5. The molecular weight excluding hydrogens is 248 g/mol. The summed E-state index contributed by atoms with van der Waals surface area (Å²) < 4.78 is 5.32. The summed E-state index contributed by atoms with van der Waals surface area (Å²) in [4.78, 5) is 3.53. The third-order valence-electron chi connectivity index (χ3n) is 3.09. The highest BCUT2D eigenvalue weighted by Crippen LogP contribution is 1.88. The van der Waals surface area contributed by atoms with E-state index in [0.717, 1.165) is 44.4 Å². The van der Waals surface area contributed by atoms with Gasteiger partial charge in [-0.25, -0.2) is 0 Å². The third kappa shape index (κ3) is 6.15. The first-order chi connectivity index (χ1) is 8.74. The average molecular weight is 271 g/mol. The van der Waals surface area contributed by atoms with E-state index in [1.54, 1.807) is 4.90 Å². The second-order valence-electron chi connectivity index (χ2n) is 4.53. The van der Waals surface area contributed by atoms with E-state index in [1.807, 2.05) is 11.9 Å². The second-order valence-corrected chi connectivity index (χ2v) is 4.91. The lowest BCUT2D eigenvalue weighted by molar-refractivity contribution is -0.908. The molecule has 1 aliphatic rings. The molecule has 5 nitrogen and oxygen atoms in total. The Morgan fingerprint density at radius 2 is 2.22 bits per heavy atom. The molecule has 0 aromatic carbocycles. The van der Waals surface area contributed by atoms with Crippen LogP contribution in [0.5, 0.6) is 0 Å². The van der Waals surface area contributed by atoms with Gasteiger partial charge in [0.25, 0.3) is 0 Å². The van der Waals surface area contributed by atoms with Crippen LogP contribution in [0.3, 0.4) is 0 Å². The van der Waals surface area contributed by atoms with Crippen LogP contribution in [0.4, 0.5) is 0 Å². The molecule has 0 radical (unpaired) electrons. The molecule has 1 rings (SSSR count). The molecule has 0 aromatic heterocycles. The Morgan fingerprint density at radius 3 is 2.89 bits per heavy atom. The smallest absolute Gasteiger partial charge is 0.168 e. The van der Waals surface area contributed by atoms with Gasteiger partial charge in [0.2, 0.25) is 0 Å². The Labute approximate surface area is 115 Å². The second kappa shape index (κ2) is 9.09. The van der Waals surface area contributed by atoms with Crippen LogP contribution in [-0.4, -0.2) is 63.0 Å². The summed E-state index contributed by atoms with van der Waals surface area (Å²) in [7, 11) is 1.92. The van der Waals surface area contributed by atoms with Gasteiger partial charge < -0.3 is 19.9 Å². The molecule has 6 heteroatoms. The summed E-state index contributed by atoms with van der Waals surface area (Å²) in [5.41, 5.74) is 0. The summed E-state index contributed by atoms with van der Waals surface area (Å²) >= 11 is 5.24. The number of hydrogen-bond donors (Lipinski definition) is 2. The van der Waals surface area contributed by atoms with Crippen LogP contribution in [-0.2, 0) is 4.74 Å². The standard InChI is InChI=1S/C12H22N4OS/c1-15(6-2-4-13)12(18)14-5-3-7-16-8-10-17-11-9-16/h2-3,5-11H2,1H3,(H,14,18)/p+1. The Morgan fingerprint density at radius 1 is 1.50 bits per heavy atom. The number of nitrogens with one attached hydrogen (secondary N) is 2. The minimum atomic E-state index is 0.510. The van der Waals surface area contributed by atoms with Gasteiger partial charge in [-0.1, -0.05) is 0 Å². The maximum Gasteiger partial charge on any atom is 0.168 e. The van der Waals surface area contributed by atoms with Gasteiger partial charge in [0.05, 0.1) is 32.2 Å². The van der Waals surface area contributed by atoms with Crippen molar-refractivity contribution in [1.29, 1.82) is 5.26 Å². The van der Waals surface area contributed by atoms with E-state index in [-0.39, 0.29) is 0 Å². The van der Waals surface area contributed by atoms with Crippen molar-refractivity contribution in [1.82, 2.24) is 10.2 Å². The van der Waals surface area contributed by atoms with Gasteiger partial charge in [-0.2, -0.15) is 5.26 Å². The first-order valence-electron chi connectivity index (χ1n) is 6.51.